The molecule has 0 saturated heterocycles. The molecule has 0 fully saturated rings. The average molecular weight is 247 g/mol. The molecule has 0 bridgehead atoms. The van der Waals surface area contributed by atoms with E-state index >= 15 is 0 Å². The van der Waals surface area contributed by atoms with Crippen LogP contribution >= 0.6 is 0 Å². The molecule has 0 aromatic rings. The van der Waals surface area contributed by atoms with Gasteiger partial charge in [0.25, 0.3) is 5.91 Å². The zero-order valence-corrected chi connectivity index (χ0v) is 11.6. The summed E-state index contributed by atoms with van der Waals surface area (Å²) in [6.45, 7) is 10.2. The second-order valence-electron chi connectivity index (χ2n) is 4.97. The minimum Gasteiger partial charge on any atom is -0.379 e. The normalized spacial score (nSPS) is 11.6. The first-order chi connectivity index (χ1) is 7.87. The first kappa shape index (κ1) is 16.4. The summed E-state index contributed by atoms with van der Waals surface area (Å²) in [5.41, 5.74) is 0.0321. The van der Waals surface area contributed by atoms with E-state index in [9.17, 15) is 4.79 Å². The van der Waals surface area contributed by atoms with Crippen LogP contribution < -0.4 is 0 Å². The summed E-state index contributed by atoms with van der Waals surface area (Å²) in [6, 6.07) is 0. The van der Waals surface area contributed by atoms with Gasteiger partial charge < -0.3 is 9.47 Å². The van der Waals surface area contributed by atoms with Gasteiger partial charge in [-0.3, -0.25) is 9.63 Å². The molecule has 0 aliphatic rings. The molecule has 0 aromatic carbocycles. The smallest absolute Gasteiger partial charge is 0.271 e. The van der Waals surface area contributed by atoms with Crippen molar-refractivity contribution in [1.82, 2.24) is 5.06 Å². The van der Waals surface area contributed by atoms with Crippen molar-refractivity contribution in [1.29, 1.82) is 0 Å². The summed E-state index contributed by atoms with van der Waals surface area (Å²) < 4.78 is 10.2. The van der Waals surface area contributed by atoms with Gasteiger partial charge in [-0.05, 0) is 12.3 Å². The van der Waals surface area contributed by atoms with Crippen LogP contribution in [0.25, 0.3) is 0 Å². The third-order valence-corrected chi connectivity index (χ3v) is 1.84. The fourth-order valence-corrected chi connectivity index (χ4v) is 0.875. The Kier molecular flexibility index (Phi) is 8.12. The third kappa shape index (κ3) is 10.2. The Morgan fingerprint density at radius 1 is 1.18 bits per heavy atom. The quantitative estimate of drug-likeness (QED) is 0.481. The zero-order chi connectivity index (χ0) is 13.3. The number of rotatable bonds is 8. The van der Waals surface area contributed by atoms with Crippen molar-refractivity contribution in [3.63, 3.8) is 0 Å². The number of ether oxygens (including phenoxy) is 2. The zero-order valence-electron chi connectivity index (χ0n) is 11.6. The molecule has 0 saturated carbocycles. The largest absolute Gasteiger partial charge is 0.379 e. The molecule has 0 atom stereocenters. The highest BCUT2D eigenvalue weighted by Crippen LogP contribution is 2.13. The Morgan fingerprint density at radius 2 is 1.76 bits per heavy atom. The number of likely N-dealkylation sites (N-methyl/N-ethyl adjacent to an activating group) is 1. The first-order valence-electron chi connectivity index (χ1n) is 5.92. The molecule has 0 unspecified atom stereocenters. The van der Waals surface area contributed by atoms with Gasteiger partial charge >= 0.3 is 0 Å². The highest BCUT2D eigenvalue weighted by atomic mass is 16.7. The summed E-state index contributed by atoms with van der Waals surface area (Å²) in [7, 11) is 1.60. The summed E-state index contributed by atoms with van der Waals surface area (Å²) in [4.78, 5) is 16.8. The van der Waals surface area contributed by atoms with Crippen molar-refractivity contribution in [2.75, 3.05) is 40.1 Å². The minimum absolute atomic E-state index is 0.0215. The Hall–Kier alpha value is -0.650. The highest BCUT2D eigenvalue weighted by molar-refractivity contribution is 5.76. The van der Waals surface area contributed by atoms with Crippen LogP contribution in [-0.4, -0.2) is 51.1 Å². The maximum Gasteiger partial charge on any atom is 0.271 e. The summed E-state index contributed by atoms with van der Waals surface area (Å²) in [5.74, 6) is -0.189. The predicted molar refractivity (Wildman–Crippen MR) is 65.5 cm³/mol. The minimum atomic E-state index is -0.189. The SMILES string of the molecule is CCOCCOCC(=O)N(C)OCC(C)(C)C. The lowest BCUT2D eigenvalue weighted by Crippen LogP contribution is -2.33. The lowest BCUT2D eigenvalue weighted by Gasteiger charge is -2.23. The van der Waals surface area contributed by atoms with Crippen molar-refractivity contribution in [3.8, 4) is 0 Å². The van der Waals surface area contributed by atoms with Crippen molar-refractivity contribution in [3.05, 3.63) is 0 Å². The van der Waals surface area contributed by atoms with Gasteiger partial charge in [0.15, 0.2) is 0 Å². The summed E-state index contributed by atoms with van der Waals surface area (Å²) in [5, 5.41) is 1.23. The molecule has 1 amide bonds. The lowest BCUT2D eigenvalue weighted by atomic mass is 9.99. The van der Waals surface area contributed by atoms with Crippen LogP contribution in [0, 0.1) is 5.41 Å². The van der Waals surface area contributed by atoms with E-state index in [0.29, 0.717) is 26.4 Å². The number of hydrogen-bond acceptors (Lipinski definition) is 4. The van der Waals surface area contributed by atoms with E-state index in [2.05, 4.69) is 0 Å². The number of carbonyl (C=O) groups excluding carboxylic acids is 1. The van der Waals surface area contributed by atoms with Gasteiger partial charge in [0.2, 0.25) is 0 Å². The molecular formula is C12H25NO4. The van der Waals surface area contributed by atoms with Crippen LogP contribution in [0.4, 0.5) is 0 Å². The molecule has 0 aromatic heterocycles. The number of hydrogen-bond donors (Lipinski definition) is 0. The Labute approximate surface area is 104 Å². The van der Waals surface area contributed by atoms with Gasteiger partial charge in [0.1, 0.15) is 6.61 Å². The number of amides is 1. The monoisotopic (exact) mass is 247 g/mol. The van der Waals surface area contributed by atoms with Gasteiger partial charge in [-0.15, -0.1) is 0 Å². The fourth-order valence-electron chi connectivity index (χ4n) is 0.875. The van der Waals surface area contributed by atoms with Crippen molar-refractivity contribution < 1.29 is 19.1 Å². The van der Waals surface area contributed by atoms with Crippen LogP contribution in [0.3, 0.4) is 0 Å². The van der Waals surface area contributed by atoms with E-state index in [0.717, 1.165) is 0 Å². The Balaban J connectivity index is 3.61. The van der Waals surface area contributed by atoms with Crippen molar-refractivity contribution in [2.45, 2.75) is 27.7 Å². The molecule has 0 aliphatic carbocycles. The average Bonchev–Trinajstić information content (AvgIpc) is 2.24. The third-order valence-electron chi connectivity index (χ3n) is 1.84. The van der Waals surface area contributed by atoms with Gasteiger partial charge in [0.05, 0.1) is 19.8 Å². The molecule has 0 rings (SSSR count). The van der Waals surface area contributed by atoms with Crippen LogP contribution in [0.15, 0.2) is 0 Å². The molecule has 5 nitrogen and oxygen atoms in total. The highest BCUT2D eigenvalue weighted by Gasteiger charge is 2.15. The van der Waals surface area contributed by atoms with Crippen LogP contribution in [0.1, 0.15) is 27.7 Å². The van der Waals surface area contributed by atoms with Crippen molar-refractivity contribution in [2.24, 2.45) is 5.41 Å². The van der Waals surface area contributed by atoms with Crippen LogP contribution in [0.5, 0.6) is 0 Å². The molecule has 102 valence electrons. The maximum atomic E-state index is 11.5. The van der Waals surface area contributed by atoms with Gasteiger partial charge in [-0.1, -0.05) is 20.8 Å². The number of carbonyl (C=O) groups is 1. The van der Waals surface area contributed by atoms with Crippen LogP contribution in [0.2, 0.25) is 0 Å². The Morgan fingerprint density at radius 3 is 2.29 bits per heavy atom. The predicted octanol–water partition coefficient (Wildman–Crippen LogP) is 1.48. The van der Waals surface area contributed by atoms with Gasteiger partial charge in [-0.2, -0.15) is 0 Å². The number of hydroxylamine groups is 2. The molecule has 0 radical (unpaired) electrons. The van der Waals surface area contributed by atoms with E-state index in [4.69, 9.17) is 14.3 Å². The van der Waals surface area contributed by atoms with Crippen molar-refractivity contribution >= 4 is 5.91 Å². The Bertz CT molecular complexity index is 213. The van der Waals surface area contributed by atoms with E-state index in [1.165, 1.54) is 5.06 Å². The topological polar surface area (TPSA) is 48.0 Å². The molecule has 0 N–H and O–H groups in total. The second-order valence-corrected chi connectivity index (χ2v) is 4.97. The molecule has 0 spiro atoms. The fraction of sp³-hybridized carbons (Fsp3) is 0.917. The lowest BCUT2D eigenvalue weighted by molar-refractivity contribution is -0.190. The van der Waals surface area contributed by atoms with E-state index in [1.807, 2.05) is 27.7 Å². The molecule has 0 aliphatic heterocycles. The van der Waals surface area contributed by atoms with E-state index in [-0.39, 0.29) is 17.9 Å². The summed E-state index contributed by atoms with van der Waals surface area (Å²) in [6.07, 6.45) is 0. The molecule has 0 heterocycles. The summed E-state index contributed by atoms with van der Waals surface area (Å²) >= 11 is 0. The van der Waals surface area contributed by atoms with Gasteiger partial charge in [0, 0.05) is 13.7 Å². The standard InChI is InChI=1S/C12H25NO4/c1-6-15-7-8-16-9-11(14)13(5)17-10-12(2,3)4/h6-10H2,1-5H3. The van der Waals surface area contributed by atoms with Crippen LogP contribution in [-0.2, 0) is 19.1 Å². The molecular weight excluding hydrogens is 222 g/mol. The molecule has 5 heteroatoms. The second kappa shape index (κ2) is 8.44. The molecule has 17 heavy (non-hydrogen) atoms. The van der Waals surface area contributed by atoms with E-state index in [1.54, 1.807) is 7.05 Å². The van der Waals surface area contributed by atoms with Gasteiger partial charge in [-0.25, -0.2) is 5.06 Å². The maximum absolute atomic E-state index is 11.5. The number of nitrogens with zero attached hydrogens (tertiary/aromatic N) is 1. The van der Waals surface area contributed by atoms with E-state index < -0.39 is 0 Å². The first-order valence-corrected chi connectivity index (χ1v) is 5.92.